The van der Waals surface area contributed by atoms with E-state index in [0.29, 0.717) is 12.2 Å². The molecule has 0 unspecified atom stereocenters. The molecule has 1 rings (SSSR count). The zero-order valence-electron chi connectivity index (χ0n) is 11.2. The molecular formula is C15H21NOS. The smallest absolute Gasteiger partial charge is 0.138 e. The number of hydrogen-bond donors (Lipinski definition) is 0. The first kappa shape index (κ1) is 14.9. The van der Waals surface area contributed by atoms with Gasteiger partial charge in [-0.1, -0.05) is 38.7 Å². The fourth-order valence-electron chi connectivity index (χ4n) is 1.80. The molecule has 0 aliphatic heterocycles. The van der Waals surface area contributed by atoms with Crippen LogP contribution >= 0.6 is 11.8 Å². The van der Waals surface area contributed by atoms with Gasteiger partial charge in [0.05, 0.1) is 6.61 Å². The van der Waals surface area contributed by atoms with E-state index in [-0.39, 0.29) is 0 Å². The van der Waals surface area contributed by atoms with Crippen LogP contribution in [0, 0.1) is 11.3 Å². The largest absolute Gasteiger partial charge is 0.492 e. The number of nitrogens with zero attached hydrogens (tertiary/aromatic N) is 1. The molecule has 0 aromatic heterocycles. The standard InChI is InChI=1S/C15H21NOS/c1-3-4-5-6-7-11-17-14-9-8-10-15(18-2)13(14)12-16/h8-10H,3-7,11H2,1-2H3. The van der Waals surface area contributed by atoms with Crippen molar-refractivity contribution in [2.75, 3.05) is 12.9 Å². The highest BCUT2D eigenvalue weighted by Gasteiger charge is 2.07. The Morgan fingerprint density at radius 3 is 2.67 bits per heavy atom. The topological polar surface area (TPSA) is 33.0 Å². The molecule has 1 aromatic rings. The first-order valence-corrected chi connectivity index (χ1v) is 7.75. The van der Waals surface area contributed by atoms with Crippen molar-refractivity contribution in [2.45, 2.75) is 43.9 Å². The fourth-order valence-corrected chi connectivity index (χ4v) is 2.36. The van der Waals surface area contributed by atoms with Crippen molar-refractivity contribution in [1.82, 2.24) is 0 Å². The van der Waals surface area contributed by atoms with Gasteiger partial charge in [-0.05, 0) is 24.8 Å². The number of rotatable bonds is 8. The Bertz CT molecular complexity index is 398. The molecule has 0 atom stereocenters. The number of benzene rings is 1. The second-order valence-corrected chi connectivity index (χ2v) is 5.06. The lowest BCUT2D eigenvalue weighted by atomic mass is 10.2. The second kappa shape index (κ2) is 8.88. The van der Waals surface area contributed by atoms with Gasteiger partial charge < -0.3 is 4.74 Å². The predicted octanol–water partition coefficient (Wildman–Crippen LogP) is 4.63. The molecule has 0 radical (unpaired) electrons. The Hall–Kier alpha value is -1.14. The van der Waals surface area contributed by atoms with Crippen LogP contribution in [-0.2, 0) is 0 Å². The van der Waals surface area contributed by atoms with Crippen LogP contribution in [-0.4, -0.2) is 12.9 Å². The zero-order valence-corrected chi connectivity index (χ0v) is 12.1. The maximum atomic E-state index is 9.16. The molecule has 0 aliphatic carbocycles. The van der Waals surface area contributed by atoms with Crippen molar-refractivity contribution in [3.63, 3.8) is 0 Å². The van der Waals surface area contributed by atoms with E-state index in [1.54, 1.807) is 11.8 Å². The van der Waals surface area contributed by atoms with E-state index in [1.807, 2.05) is 24.5 Å². The number of ether oxygens (including phenoxy) is 1. The van der Waals surface area contributed by atoms with Crippen molar-refractivity contribution in [3.05, 3.63) is 23.8 Å². The average molecular weight is 263 g/mol. The summed E-state index contributed by atoms with van der Waals surface area (Å²) in [5.74, 6) is 0.722. The van der Waals surface area contributed by atoms with E-state index in [9.17, 15) is 0 Å². The Balaban J connectivity index is 2.45. The van der Waals surface area contributed by atoms with E-state index in [1.165, 1.54) is 25.7 Å². The highest BCUT2D eigenvalue weighted by molar-refractivity contribution is 7.98. The zero-order chi connectivity index (χ0) is 13.2. The maximum Gasteiger partial charge on any atom is 0.138 e. The van der Waals surface area contributed by atoms with Gasteiger partial charge in [0, 0.05) is 4.90 Å². The third kappa shape index (κ3) is 4.62. The molecule has 0 spiro atoms. The van der Waals surface area contributed by atoms with E-state index in [2.05, 4.69) is 13.0 Å². The van der Waals surface area contributed by atoms with Crippen molar-refractivity contribution in [1.29, 1.82) is 5.26 Å². The monoisotopic (exact) mass is 263 g/mol. The Labute approximate surface area is 114 Å². The number of thioether (sulfide) groups is 1. The molecule has 0 amide bonds. The third-order valence-corrected chi connectivity index (χ3v) is 3.61. The lowest BCUT2D eigenvalue weighted by Gasteiger charge is -2.09. The summed E-state index contributed by atoms with van der Waals surface area (Å²) in [4.78, 5) is 0.987. The summed E-state index contributed by atoms with van der Waals surface area (Å²) in [6.07, 6.45) is 8.08. The normalized spacial score (nSPS) is 10.1. The molecule has 1 aromatic carbocycles. The van der Waals surface area contributed by atoms with Crippen LogP contribution < -0.4 is 4.74 Å². The summed E-state index contributed by atoms with van der Waals surface area (Å²) in [7, 11) is 0. The minimum atomic E-state index is 0.665. The fraction of sp³-hybridized carbons (Fsp3) is 0.533. The quantitative estimate of drug-likeness (QED) is 0.506. The lowest BCUT2D eigenvalue weighted by Crippen LogP contribution is -1.99. The van der Waals surface area contributed by atoms with Crippen molar-refractivity contribution < 1.29 is 4.74 Å². The molecule has 0 heterocycles. The van der Waals surface area contributed by atoms with Gasteiger partial charge in [-0.15, -0.1) is 11.8 Å². The molecule has 0 saturated heterocycles. The maximum absolute atomic E-state index is 9.16. The molecule has 18 heavy (non-hydrogen) atoms. The predicted molar refractivity (Wildman–Crippen MR) is 77.2 cm³/mol. The van der Waals surface area contributed by atoms with E-state index >= 15 is 0 Å². The molecule has 3 heteroatoms. The Morgan fingerprint density at radius 2 is 2.00 bits per heavy atom. The SMILES string of the molecule is CCCCCCCOc1cccc(SC)c1C#N. The van der Waals surface area contributed by atoms with Gasteiger partial charge in [0.25, 0.3) is 0 Å². The van der Waals surface area contributed by atoms with E-state index < -0.39 is 0 Å². The molecule has 0 bridgehead atoms. The summed E-state index contributed by atoms with van der Waals surface area (Å²) in [6, 6.07) is 8.01. The average Bonchev–Trinajstić information content (AvgIpc) is 2.42. The van der Waals surface area contributed by atoms with Gasteiger partial charge in [-0.3, -0.25) is 0 Å². The summed E-state index contributed by atoms with van der Waals surface area (Å²) in [5.41, 5.74) is 0.665. The highest BCUT2D eigenvalue weighted by Crippen LogP contribution is 2.28. The van der Waals surface area contributed by atoms with Crippen LogP contribution in [0.4, 0.5) is 0 Å². The number of unbranched alkanes of at least 4 members (excludes halogenated alkanes) is 4. The van der Waals surface area contributed by atoms with Gasteiger partial charge in [0.1, 0.15) is 17.4 Å². The van der Waals surface area contributed by atoms with Crippen LogP contribution in [0.1, 0.15) is 44.6 Å². The van der Waals surface area contributed by atoms with Crippen LogP contribution in [0.15, 0.2) is 23.1 Å². The van der Waals surface area contributed by atoms with Crippen molar-refractivity contribution in [3.8, 4) is 11.8 Å². The summed E-state index contributed by atoms with van der Waals surface area (Å²) in [6.45, 7) is 2.92. The van der Waals surface area contributed by atoms with Gasteiger partial charge >= 0.3 is 0 Å². The van der Waals surface area contributed by atoms with Crippen LogP contribution in [0.5, 0.6) is 5.75 Å². The van der Waals surface area contributed by atoms with Gasteiger partial charge in [-0.25, -0.2) is 0 Å². The molecule has 0 saturated carbocycles. The number of hydrogen-bond acceptors (Lipinski definition) is 3. The first-order valence-electron chi connectivity index (χ1n) is 6.53. The molecular weight excluding hydrogens is 242 g/mol. The van der Waals surface area contributed by atoms with Crippen LogP contribution in [0.3, 0.4) is 0 Å². The van der Waals surface area contributed by atoms with Crippen molar-refractivity contribution in [2.24, 2.45) is 0 Å². The highest BCUT2D eigenvalue weighted by atomic mass is 32.2. The minimum absolute atomic E-state index is 0.665. The summed E-state index contributed by atoms with van der Waals surface area (Å²) >= 11 is 1.58. The van der Waals surface area contributed by atoms with Crippen molar-refractivity contribution >= 4 is 11.8 Å². The molecule has 2 nitrogen and oxygen atoms in total. The van der Waals surface area contributed by atoms with Gasteiger partial charge in [-0.2, -0.15) is 5.26 Å². The summed E-state index contributed by atoms with van der Waals surface area (Å²) < 4.78 is 5.71. The van der Waals surface area contributed by atoms with Gasteiger partial charge in [0.15, 0.2) is 0 Å². The second-order valence-electron chi connectivity index (χ2n) is 4.21. The minimum Gasteiger partial charge on any atom is -0.492 e. The number of nitriles is 1. The molecule has 0 fully saturated rings. The first-order chi connectivity index (χ1) is 8.83. The van der Waals surface area contributed by atoms with Crippen LogP contribution in [0.2, 0.25) is 0 Å². The Morgan fingerprint density at radius 1 is 1.22 bits per heavy atom. The molecule has 0 N–H and O–H groups in total. The Kier molecular flexibility index (Phi) is 7.36. The van der Waals surface area contributed by atoms with Gasteiger partial charge in [0.2, 0.25) is 0 Å². The van der Waals surface area contributed by atoms with E-state index in [0.717, 1.165) is 17.1 Å². The lowest BCUT2D eigenvalue weighted by molar-refractivity contribution is 0.303. The van der Waals surface area contributed by atoms with Crippen LogP contribution in [0.25, 0.3) is 0 Å². The molecule has 98 valence electrons. The molecule has 0 aliphatic rings. The van der Waals surface area contributed by atoms with E-state index in [4.69, 9.17) is 10.00 Å². The summed E-state index contributed by atoms with van der Waals surface area (Å²) in [5, 5.41) is 9.16. The third-order valence-electron chi connectivity index (χ3n) is 2.83.